The summed E-state index contributed by atoms with van der Waals surface area (Å²) in [4.78, 5) is 12.1. The maximum atomic E-state index is 10.4. The average Bonchev–Trinajstić information content (AvgIpc) is 1.94. The fraction of sp³-hybridized carbons (Fsp3) is 0.286. The van der Waals surface area contributed by atoms with Crippen molar-refractivity contribution in [2.75, 3.05) is 13.6 Å². The van der Waals surface area contributed by atoms with Gasteiger partial charge in [-0.15, -0.1) is 0 Å². The number of rotatable bonds is 1. The summed E-state index contributed by atoms with van der Waals surface area (Å²) in [6.45, 7) is 0.373. The molecule has 0 unspecified atom stereocenters. The van der Waals surface area contributed by atoms with Gasteiger partial charge in [0.05, 0.1) is 17.9 Å². The normalized spacial score (nSPS) is 17.4. The van der Waals surface area contributed by atoms with Gasteiger partial charge in [0, 0.05) is 7.05 Å². The largest absolute Gasteiger partial charge is 0.478 e. The molecule has 0 spiro atoms. The van der Waals surface area contributed by atoms with E-state index in [4.69, 9.17) is 10.8 Å². The maximum Gasteiger partial charge on any atom is 0.333 e. The van der Waals surface area contributed by atoms with Crippen molar-refractivity contribution < 1.29 is 9.90 Å². The van der Waals surface area contributed by atoms with Gasteiger partial charge in [-0.3, -0.25) is 0 Å². The van der Waals surface area contributed by atoms with Crippen LogP contribution in [0.4, 0.5) is 0 Å². The Morgan fingerprint density at radius 3 is 2.82 bits per heavy atom. The molecule has 0 aromatic carbocycles. The van der Waals surface area contributed by atoms with Gasteiger partial charge >= 0.3 is 5.97 Å². The van der Waals surface area contributed by atoms with Crippen LogP contribution in [0.2, 0.25) is 0 Å². The second kappa shape index (κ2) is 2.65. The predicted molar refractivity (Wildman–Crippen MR) is 40.6 cm³/mol. The van der Waals surface area contributed by atoms with Crippen molar-refractivity contribution in [3.8, 4) is 0 Å². The van der Waals surface area contributed by atoms with Crippen LogP contribution in [0.1, 0.15) is 0 Å². The summed E-state index contributed by atoms with van der Waals surface area (Å²) in [5.74, 6) is -0.296. The first-order valence-electron chi connectivity index (χ1n) is 3.22. The zero-order valence-electron chi connectivity index (χ0n) is 6.24. The Labute approximate surface area is 64.6 Å². The van der Waals surface area contributed by atoms with E-state index in [1.165, 1.54) is 6.08 Å². The zero-order valence-corrected chi connectivity index (χ0v) is 6.24. The first-order valence-corrected chi connectivity index (χ1v) is 3.22. The molecule has 4 heteroatoms. The number of aliphatic carboxylic acids is 1. The predicted octanol–water partition coefficient (Wildman–Crippen LogP) is -0.257. The molecule has 0 fully saturated rings. The van der Waals surface area contributed by atoms with E-state index in [-0.39, 0.29) is 0 Å². The van der Waals surface area contributed by atoms with Gasteiger partial charge in [-0.2, -0.15) is 0 Å². The van der Waals surface area contributed by atoms with Crippen molar-refractivity contribution in [2.24, 2.45) is 5.73 Å². The Morgan fingerprint density at radius 2 is 2.36 bits per heavy atom. The van der Waals surface area contributed by atoms with Crippen LogP contribution in [0.5, 0.6) is 0 Å². The van der Waals surface area contributed by atoms with Crippen molar-refractivity contribution in [3.63, 3.8) is 0 Å². The van der Waals surface area contributed by atoms with Crippen molar-refractivity contribution in [1.29, 1.82) is 0 Å². The first kappa shape index (κ1) is 7.65. The van der Waals surface area contributed by atoms with E-state index in [0.29, 0.717) is 17.9 Å². The van der Waals surface area contributed by atoms with E-state index in [1.54, 1.807) is 18.0 Å². The van der Waals surface area contributed by atoms with E-state index < -0.39 is 5.97 Å². The van der Waals surface area contributed by atoms with Gasteiger partial charge in [0.2, 0.25) is 0 Å². The molecule has 0 amide bonds. The number of carboxylic acid groups (broad SMARTS) is 1. The Balaban J connectivity index is 2.82. The monoisotopic (exact) mass is 154 g/mol. The first-order chi connectivity index (χ1) is 5.11. The second-order valence-electron chi connectivity index (χ2n) is 2.44. The van der Waals surface area contributed by atoms with Gasteiger partial charge in [-0.25, -0.2) is 4.79 Å². The minimum absolute atomic E-state index is 0.363. The van der Waals surface area contributed by atoms with Crippen LogP contribution in [0, 0.1) is 0 Å². The summed E-state index contributed by atoms with van der Waals surface area (Å²) in [7, 11) is 1.75. The molecule has 1 aliphatic rings. The molecule has 0 saturated heterocycles. The highest BCUT2D eigenvalue weighted by molar-refractivity contribution is 5.87. The van der Waals surface area contributed by atoms with Gasteiger partial charge in [-0.05, 0) is 12.2 Å². The number of allylic oxidation sites excluding steroid dienone is 2. The van der Waals surface area contributed by atoms with E-state index in [9.17, 15) is 4.79 Å². The van der Waals surface area contributed by atoms with Gasteiger partial charge in [0.15, 0.2) is 0 Å². The quantitative estimate of drug-likeness (QED) is 0.546. The van der Waals surface area contributed by atoms with Crippen LogP contribution in [-0.4, -0.2) is 29.6 Å². The van der Waals surface area contributed by atoms with Gasteiger partial charge < -0.3 is 15.7 Å². The molecule has 0 aliphatic carbocycles. The molecular formula is C7H10N2O2. The molecule has 3 N–H and O–H groups in total. The van der Waals surface area contributed by atoms with Crippen molar-refractivity contribution >= 4 is 5.97 Å². The molecule has 4 nitrogen and oxygen atoms in total. The minimum Gasteiger partial charge on any atom is -0.478 e. The molecule has 1 aliphatic heterocycles. The van der Waals surface area contributed by atoms with Crippen molar-refractivity contribution in [2.45, 2.75) is 0 Å². The second-order valence-corrected chi connectivity index (χ2v) is 2.44. The summed E-state index contributed by atoms with van der Waals surface area (Å²) in [5, 5.41) is 8.58. The molecule has 0 atom stereocenters. The molecule has 0 saturated carbocycles. The third-order valence-electron chi connectivity index (χ3n) is 1.58. The molecule has 0 aromatic rings. The summed E-state index contributed by atoms with van der Waals surface area (Å²) in [6, 6.07) is 0. The minimum atomic E-state index is -0.888. The Morgan fingerprint density at radius 1 is 1.73 bits per heavy atom. The number of nitrogens with zero attached hydrogens (tertiary/aromatic N) is 1. The number of likely N-dealkylation sites (N-methyl/N-ethyl adjacent to an activating group) is 1. The summed E-state index contributed by atoms with van der Waals surface area (Å²) in [5.41, 5.74) is 5.85. The highest BCUT2D eigenvalue weighted by Gasteiger charge is 2.13. The smallest absolute Gasteiger partial charge is 0.333 e. The third kappa shape index (κ3) is 1.52. The fourth-order valence-electron chi connectivity index (χ4n) is 0.852. The van der Waals surface area contributed by atoms with Gasteiger partial charge in [0.25, 0.3) is 0 Å². The van der Waals surface area contributed by atoms with Crippen LogP contribution < -0.4 is 5.73 Å². The van der Waals surface area contributed by atoms with Crippen molar-refractivity contribution in [1.82, 2.24) is 4.90 Å². The molecule has 60 valence electrons. The number of hydrogen-bond acceptors (Lipinski definition) is 3. The SMILES string of the molecule is CN1CC(C(=O)O)=CC=C1N. The molecule has 1 heterocycles. The lowest BCUT2D eigenvalue weighted by Gasteiger charge is -2.22. The van der Waals surface area contributed by atoms with Crippen LogP contribution in [0.25, 0.3) is 0 Å². The Hall–Kier alpha value is -1.45. The van der Waals surface area contributed by atoms with E-state index >= 15 is 0 Å². The number of nitrogens with two attached hydrogens (primary N) is 1. The Bertz CT molecular complexity index is 243. The topological polar surface area (TPSA) is 66.6 Å². The summed E-state index contributed by atoms with van der Waals surface area (Å²) in [6.07, 6.45) is 3.12. The molecule has 11 heavy (non-hydrogen) atoms. The van der Waals surface area contributed by atoms with E-state index in [1.807, 2.05) is 0 Å². The average molecular weight is 154 g/mol. The summed E-state index contributed by atoms with van der Waals surface area (Å²) >= 11 is 0. The van der Waals surface area contributed by atoms with Crippen LogP contribution >= 0.6 is 0 Å². The lowest BCUT2D eigenvalue weighted by atomic mass is 10.2. The lowest BCUT2D eigenvalue weighted by molar-refractivity contribution is -0.132. The van der Waals surface area contributed by atoms with Gasteiger partial charge in [0.1, 0.15) is 0 Å². The maximum absolute atomic E-state index is 10.4. The van der Waals surface area contributed by atoms with Crippen molar-refractivity contribution in [3.05, 3.63) is 23.5 Å². The van der Waals surface area contributed by atoms with E-state index in [0.717, 1.165) is 0 Å². The molecule has 0 bridgehead atoms. The van der Waals surface area contributed by atoms with E-state index in [2.05, 4.69) is 0 Å². The lowest BCUT2D eigenvalue weighted by Crippen LogP contribution is -2.29. The molecule has 1 rings (SSSR count). The van der Waals surface area contributed by atoms with Crippen LogP contribution in [0.15, 0.2) is 23.5 Å². The number of carbonyl (C=O) groups is 1. The van der Waals surface area contributed by atoms with Crippen LogP contribution in [0.3, 0.4) is 0 Å². The number of carboxylic acids is 1. The fourth-order valence-corrected chi connectivity index (χ4v) is 0.852. The third-order valence-corrected chi connectivity index (χ3v) is 1.58. The highest BCUT2D eigenvalue weighted by Crippen LogP contribution is 2.08. The standard InChI is InChI=1S/C7H10N2O2/c1-9-4-5(7(10)11)2-3-6(9)8/h2-3H,4,8H2,1H3,(H,10,11). The molecule has 0 radical (unpaired) electrons. The summed E-state index contributed by atoms with van der Waals surface area (Å²) < 4.78 is 0. The zero-order chi connectivity index (χ0) is 8.43. The number of hydrogen-bond donors (Lipinski definition) is 2. The molecular weight excluding hydrogens is 144 g/mol. The van der Waals surface area contributed by atoms with Gasteiger partial charge in [-0.1, -0.05) is 0 Å². The Kier molecular flexibility index (Phi) is 1.85. The van der Waals surface area contributed by atoms with Crippen LogP contribution in [-0.2, 0) is 4.79 Å². The molecule has 0 aromatic heterocycles. The highest BCUT2D eigenvalue weighted by atomic mass is 16.4.